The van der Waals surface area contributed by atoms with Crippen molar-refractivity contribution in [1.29, 1.82) is 0 Å². The van der Waals surface area contributed by atoms with E-state index in [1.165, 1.54) is 11.6 Å². The fraction of sp³-hybridized carbons (Fsp3) is 0.0714. The Morgan fingerprint density at radius 2 is 2.20 bits per heavy atom. The van der Waals surface area contributed by atoms with Crippen molar-refractivity contribution in [3.63, 3.8) is 0 Å². The quantitative estimate of drug-likeness (QED) is 0.584. The van der Waals surface area contributed by atoms with Gasteiger partial charge in [0.1, 0.15) is 5.52 Å². The first-order valence-electron chi connectivity index (χ1n) is 6.03. The predicted octanol–water partition coefficient (Wildman–Crippen LogP) is 3.82. The number of non-ortho nitro benzene ring substituents is 1. The first-order valence-corrected chi connectivity index (χ1v) is 6.97. The third-order valence-corrected chi connectivity index (χ3v) is 3.74. The van der Waals surface area contributed by atoms with Crippen molar-refractivity contribution in [2.75, 3.05) is 5.32 Å². The predicted molar refractivity (Wildman–Crippen MR) is 80.0 cm³/mol. The summed E-state index contributed by atoms with van der Waals surface area (Å²) in [7, 11) is 0. The summed E-state index contributed by atoms with van der Waals surface area (Å²) in [6.45, 7) is 0.686. The first-order chi connectivity index (χ1) is 9.75. The zero-order chi connectivity index (χ0) is 13.9. The van der Waals surface area contributed by atoms with Crippen LogP contribution in [0.4, 0.5) is 11.4 Å². The molecule has 1 N–H and O–H groups in total. The van der Waals surface area contributed by atoms with Crippen molar-refractivity contribution in [2.24, 2.45) is 0 Å². The summed E-state index contributed by atoms with van der Waals surface area (Å²) in [4.78, 5) is 14.7. The molecule has 0 radical (unpaired) electrons. The summed E-state index contributed by atoms with van der Waals surface area (Å²) in [5, 5.41) is 19.2. The number of benzene rings is 1. The largest absolute Gasteiger partial charge is 0.380 e. The molecule has 0 atom stereocenters. The van der Waals surface area contributed by atoms with E-state index in [1.54, 1.807) is 29.7 Å². The lowest BCUT2D eigenvalue weighted by molar-refractivity contribution is -0.383. The van der Waals surface area contributed by atoms with E-state index >= 15 is 0 Å². The van der Waals surface area contributed by atoms with Crippen LogP contribution in [0.1, 0.15) is 5.56 Å². The average Bonchev–Trinajstić information content (AvgIpc) is 2.97. The molecule has 1 aromatic carbocycles. The smallest absolute Gasteiger partial charge is 0.295 e. The third kappa shape index (κ3) is 2.33. The summed E-state index contributed by atoms with van der Waals surface area (Å²) >= 11 is 1.64. The highest BCUT2D eigenvalue weighted by atomic mass is 32.1. The summed E-state index contributed by atoms with van der Waals surface area (Å²) in [6, 6.07) is 8.89. The Kier molecular flexibility index (Phi) is 3.30. The number of hydrogen-bond donors (Lipinski definition) is 1. The lowest BCUT2D eigenvalue weighted by Crippen LogP contribution is -2.00. The van der Waals surface area contributed by atoms with Gasteiger partial charge in [0.25, 0.3) is 5.69 Å². The summed E-state index contributed by atoms with van der Waals surface area (Å²) in [5.74, 6) is 0. The molecule has 0 saturated heterocycles. The van der Waals surface area contributed by atoms with E-state index in [1.807, 2.05) is 17.5 Å². The lowest BCUT2D eigenvalue weighted by atomic mass is 10.1. The van der Waals surface area contributed by atoms with Crippen molar-refractivity contribution in [3.8, 4) is 0 Å². The molecule has 0 amide bonds. The highest BCUT2D eigenvalue weighted by Crippen LogP contribution is 2.29. The maximum Gasteiger partial charge on any atom is 0.295 e. The topological polar surface area (TPSA) is 68.1 Å². The van der Waals surface area contributed by atoms with E-state index in [0.29, 0.717) is 12.1 Å². The molecule has 0 fully saturated rings. The van der Waals surface area contributed by atoms with Gasteiger partial charge in [-0.2, -0.15) is 11.3 Å². The van der Waals surface area contributed by atoms with Gasteiger partial charge in [0, 0.05) is 29.9 Å². The monoisotopic (exact) mass is 285 g/mol. The minimum Gasteiger partial charge on any atom is -0.380 e. The fourth-order valence-electron chi connectivity index (χ4n) is 2.05. The van der Waals surface area contributed by atoms with Gasteiger partial charge in [-0.05, 0) is 40.6 Å². The molecule has 0 spiro atoms. The molecule has 6 heteroatoms. The van der Waals surface area contributed by atoms with Crippen LogP contribution in [0.5, 0.6) is 0 Å². The SMILES string of the molecule is O=[N+]([O-])c1ccc(NCc2ccsc2)c2cccnc12. The van der Waals surface area contributed by atoms with Crippen molar-refractivity contribution in [3.05, 3.63) is 63.0 Å². The number of thiophene rings is 1. The molecule has 0 aliphatic rings. The molecule has 0 unspecified atom stereocenters. The number of pyridine rings is 1. The van der Waals surface area contributed by atoms with E-state index in [4.69, 9.17) is 0 Å². The number of hydrogen-bond acceptors (Lipinski definition) is 5. The van der Waals surface area contributed by atoms with Crippen LogP contribution in [0.15, 0.2) is 47.3 Å². The summed E-state index contributed by atoms with van der Waals surface area (Å²) < 4.78 is 0. The molecule has 2 aromatic heterocycles. The van der Waals surface area contributed by atoms with Crippen LogP contribution in [0.25, 0.3) is 10.9 Å². The van der Waals surface area contributed by atoms with Gasteiger partial charge in [0.05, 0.1) is 4.92 Å². The molecule has 5 nitrogen and oxygen atoms in total. The summed E-state index contributed by atoms with van der Waals surface area (Å²) in [5.41, 5.74) is 2.48. The molecule has 0 saturated carbocycles. The molecule has 3 aromatic rings. The van der Waals surface area contributed by atoms with Gasteiger partial charge in [0.2, 0.25) is 0 Å². The average molecular weight is 285 g/mol. The Hall–Kier alpha value is -2.47. The molecule has 0 aliphatic heterocycles. The van der Waals surface area contributed by atoms with Crippen LogP contribution in [-0.2, 0) is 6.54 Å². The van der Waals surface area contributed by atoms with Crippen LogP contribution in [-0.4, -0.2) is 9.91 Å². The van der Waals surface area contributed by atoms with Crippen molar-refractivity contribution >= 4 is 33.6 Å². The minimum absolute atomic E-state index is 0.0293. The zero-order valence-corrected chi connectivity index (χ0v) is 11.3. The number of nitro groups is 1. The van der Waals surface area contributed by atoms with Gasteiger partial charge in [-0.15, -0.1) is 0 Å². The van der Waals surface area contributed by atoms with Gasteiger partial charge >= 0.3 is 0 Å². The summed E-state index contributed by atoms with van der Waals surface area (Å²) in [6.07, 6.45) is 1.57. The Morgan fingerprint density at radius 3 is 2.95 bits per heavy atom. The molecular formula is C14H11N3O2S. The number of nitrogens with one attached hydrogen (secondary N) is 1. The zero-order valence-electron chi connectivity index (χ0n) is 10.4. The third-order valence-electron chi connectivity index (χ3n) is 3.01. The molecular weight excluding hydrogens is 274 g/mol. The van der Waals surface area contributed by atoms with E-state index < -0.39 is 4.92 Å². The van der Waals surface area contributed by atoms with Gasteiger partial charge in [-0.1, -0.05) is 0 Å². The Labute approximate surface area is 119 Å². The van der Waals surface area contributed by atoms with E-state index in [0.717, 1.165) is 11.1 Å². The van der Waals surface area contributed by atoms with Crippen molar-refractivity contribution in [1.82, 2.24) is 4.98 Å². The van der Waals surface area contributed by atoms with Gasteiger partial charge in [-0.3, -0.25) is 10.1 Å². The molecule has 100 valence electrons. The Morgan fingerprint density at radius 1 is 1.30 bits per heavy atom. The van der Waals surface area contributed by atoms with Crippen LogP contribution < -0.4 is 5.32 Å². The molecule has 2 heterocycles. The highest BCUT2D eigenvalue weighted by Gasteiger charge is 2.14. The number of anilines is 1. The normalized spacial score (nSPS) is 10.6. The van der Waals surface area contributed by atoms with Gasteiger partial charge < -0.3 is 5.32 Å². The number of nitro benzene ring substituents is 1. The van der Waals surface area contributed by atoms with Crippen LogP contribution in [0.2, 0.25) is 0 Å². The van der Waals surface area contributed by atoms with Crippen LogP contribution >= 0.6 is 11.3 Å². The second-order valence-corrected chi connectivity index (χ2v) is 5.05. The number of nitrogens with zero attached hydrogens (tertiary/aromatic N) is 2. The maximum absolute atomic E-state index is 11.0. The Bertz CT molecular complexity index is 756. The minimum atomic E-state index is -0.405. The van der Waals surface area contributed by atoms with E-state index in [-0.39, 0.29) is 5.69 Å². The van der Waals surface area contributed by atoms with Crippen LogP contribution in [0, 0.1) is 10.1 Å². The van der Waals surface area contributed by atoms with Crippen LogP contribution in [0.3, 0.4) is 0 Å². The fourth-order valence-corrected chi connectivity index (χ4v) is 2.72. The van der Waals surface area contributed by atoms with Crippen molar-refractivity contribution < 1.29 is 4.92 Å². The van der Waals surface area contributed by atoms with Gasteiger partial charge in [-0.25, -0.2) is 4.98 Å². The molecule has 0 aliphatic carbocycles. The molecule has 3 rings (SSSR count). The molecule has 20 heavy (non-hydrogen) atoms. The second-order valence-electron chi connectivity index (χ2n) is 4.27. The number of rotatable bonds is 4. The maximum atomic E-state index is 11.0. The number of fused-ring (bicyclic) bond motifs is 1. The standard InChI is InChI=1S/C14H11N3O2S/c18-17(19)13-4-3-12(11-2-1-6-15-14(11)13)16-8-10-5-7-20-9-10/h1-7,9,16H,8H2. The second kappa shape index (κ2) is 5.26. The van der Waals surface area contributed by atoms with Crippen molar-refractivity contribution in [2.45, 2.75) is 6.54 Å². The van der Waals surface area contributed by atoms with E-state index in [2.05, 4.69) is 15.7 Å². The lowest BCUT2D eigenvalue weighted by Gasteiger charge is -2.08. The first kappa shape index (κ1) is 12.6. The Balaban J connectivity index is 1.99. The molecule has 0 bridgehead atoms. The van der Waals surface area contributed by atoms with Gasteiger partial charge in [0.15, 0.2) is 0 Å². The highest BCUT2D eigenvalue weighted by molar-refractivity contribution is 7.07. The number of aromatic nitrogens is 1. The van der Waals surface area contributed by atoms with E-state index in [9.17, 15) is 10.1 Å².